The van der Waals surface area contributed by atoms with E-state index in [1.165, 1.54) is 0 Å². The molecule has 0 bridgehead atoms. The van der Waals surface area contributed by atoms with Crippen LogP contribution in [0.15, 0.2) is 24.3 Å². The van der Waals surface area contributed by atoms with Gasteiger partial charge in [-0.3, -0.25) is 4.79 Å². The summed E-state index contributed by atoms with van der Waals surface area (Å²) in [4.78, 5) is 12.1. The molecule has 1 aromatic heterocycles. The third-order valence-corrected chi connectivity index (χ3v) is 3.11. The maximum atomic E-state index is 12.1. The molecule has 0 spiro atoms. The van der Waals surface area contributed by atoms with Crippen LogP contribution in [0.4, 0.5) is 0 Å². The largest absolute Gasteiger partial charge is 0.299 e. The fourth-order valence-corrected chi connectivity index (χ4v) is 1.84. The average Bonchev–Trinajstić information content (AvgIpc) is 2.32. The van der Waals surface area contributed by atoms with E-state index in [2.05, 4.69) is 10.2 Å². The smallest absolute Gasteiger partial charge is 0.144 e. The third-order valence-electron chi connectivity index (χ3n) is 3.11. The summed E-state index contributed by atoms with van der Waals surface area (Å²) in [6, 6.07) is 7.97. The van der Waals surface area contributed by atoms with E-state index in [-0.39, 0.29) is 11.2 Å². The molecular formula is C15H18N2O. The van der Waals surface area contributed by atoms with E-state index in [0.717, 1.165) is 22.2 Å². The fraction of sp³-hybridized carbons (Fsp3) is 0.400. The number of carbonyl (C=O) groups excluding carboxylic acids is 1. The molecule has 2 aromatic rings. The van der Waals surface area contributed by atoms with Crippen molar-refractivity contribution >= 4 is 16.6 Å². The second-order valence-corrected chi connectivity index (χ2v) is 5.63. The first kappa shape index (κ1) is 12.7. The molecule has 0 radical (unpaired) electrons. The molecule has 0 N–H and O–H groups in total. The van der Waals surface area contributed by atoms with Crippen molar-refractivity contribution in [3.63, 3.8) is 0 Å². The standard InChI is InChI=1S/C15H18N2O/c1-10-11-7-5-6-8-12(11)13(17-16-10)9-14(18)15(2,3)4/h5-8H,9H2,1-4H3. The monoisotopic (exact) mass is 242 g/mol. The summed E-state index contributed by atoms with van der Waals surface area (Å²) in [6.45, 7) is 7.72. The van der Waals surface area contributed by atoms with E-state index in [4.69, 9.17) is 0 Å². The van der Waals surface area contributed by atoms with Gasteiger partial charge >= 0.3 is 0 Å². The second-order valence-electron chi connectivity index (χ2n) is 5.63. The molecule has 0 aliphatic carbocycles. The zero-order chi connectivity index (χ0) is 13.3. The minimum atomic E-state index is -0.340. The van der Waals surface area contributed by atoms with Crippen LogP contribution in [0.25, 0.3) is 10.8 Å². The first-order valence-electron chi connectivity index (χ1n) is 6.14. The number of benzene rings is 1. The Hall–Kier alpha value is -1.77. The molecule has 0 saturated carbocycles. The fourth-order valence-electron chi connectivity index (χ4n) is 1.84. The number of fused-ring (bicyclic) bond motifs is 1. The summed E-state index contributed by atoms with van der Waals surface area (Å²) < 4.78 is 0. The highest BCUT2D eigenvalue weighted by Gasteiger charge is 2.22. The number of hydrogen-bond donors (Lipinski definition) is 0. The van der Waals surface area contributed by atoms with Crippen LogP contribution >= 0.6 is 0 Å². The molecule has 0 unspecified atom stereocenters. The SMILES string of the molecule is Cc1nnc(CC(=O)C(C)(C)C)c2ccccc12. The van der Waals surface area contributed by atoms with Gasteiger partial charge < -0.3 is 0 Å². The van der Waals surface area contributed by atoms with E-state index in [9.17, 15) is 4.79 Å². The Balaban J connectivity index is 2.47. The molecule has 0 aliphatic heterocycles. The first-order valence-corrected chi connectivity index (χ1v) is 6.14. The van der Waals surface area contributed by atoms with Crippen LogP contribution in [0.2, 0.25) is 0 Å². The highest BCUT2D eigenvalue weighted by molar-refractivity contribution is 5.92. The molecule has 0 atom stereocenters. The zero-order valence-corrected chi connectivity index (χ0v) is 11.3. The van der Waals surface area contributed by atoms with Gasteiger partial charge in [0, 0.05) is 16.2 Å². The third kappa shape index (κ3) is 2.40. The van der Waals surface area contributed by atoms with Crippen LogP contribution in [0.1, 0.15) is 32.2 Å². The maximum Gasteiger partial charge on any atom is 0.144 e. The maximum absolute atomic E-state index is 12.1. The van der Waals surface area contributed by atoms with Gasteiger partial charge in [-0.2, -0.15) is 10.2 Å². The molecule has 3 nitrogen and oxygen atoms in total. The lowest BCUT2D eigenvalue weighted by Gasteiger charge is -2.16. The lowest BCUT2D eigenvalue weighted by atomic mass is 9.87. The molecule has 3 heteroatoms. The van der Waals surface area contributed by atoms with Gasteiger partial charge in [-0.1, -0.05) is 45.0 Å². The van der Waals surface area contributed by atoms with Crippen LogP contribution < -0.4 is 0 Å². The average molecular weight is 242 g/mol. The Morgan fingerprint density at radius 1 is 1.11 bits per heavy atom. The molecule has 0 amide bonds. The normalized spacial score (nSPS) is 11.8. The molecule has 1 heterocycles. The van der Waals surface area contributed by atoms with Gasteiger partial charge in [-0.05, 0) is 6.92 Å². The second kappa shape index (κ2) is 4.48. The Labute approximate surface area is 107 Å². The summed E-state index contributed by atoms with van der Waals surface area (Å²) in [5.74, 6) is 0.186. The van der Waals surface area contributed by atoms with E-state index in [0.29, 0.717) is 6.42 Å². The van der Waals surface area contributed by atoms with Crippen molar-refractivity contribution in [1.82, 2.24) is 10.2 Å². The van der Waals surface area contributed by atoms with Gasteiger partial charge in [-0.25, -0.2) is 0 Å². The van der Waals surface area contributed by atoms with Gasteiger partial charge in [0.05, 0.1) is 17.8 Å². The first-order chi connectivity index (χ1) is 8.39. The van der Waals surface area contributed by atoms with Crippen molar-refractivity contribution in [2.75, 3.05) is 0 Å². The molecule has 2 rings (SSSR count). The number of rotatable bonds is 2. The summed E-state index contributed by atoms with van der Waals surface area (Å²) >= 11 is 0. The van der Waals surface area contributed by atoms with Gasteiger partial charge in [0.1, 0.15) is 5.78 Å². The summed E-state index contributed by atoms with van der Waals surface area (Å²) in [5, 5.41) is 10.4. The minimum absolute atomic E-state index is 0.186. The van der Waals surface area contributed by atoms with Crippen LogP contribution in [-0.2, 0) is 11.2 Å². The quantitative estimate of drug-likeness (QED) is 0.812. The van der Waals surface area contributed by atoms with Gasteiger partial charge in [0.25, 0.3) is 0 Å². The molecule has 18 heavy (non-hydrogen) atoms. The van der Waals surface area contributed by atoms with Crippen LogP contribution in [0, 0.1) is 12.3 Å². The number of carbonyl (C=O) groups is 1. The Morgan fingerprint density at radius 3 is 2.33 bits per heavy atom. The van der Waals surface area contributed by atoms with Gasteiger partial charge in [0.2, 0.25) is 0 Å². The molecule has 0 saturated heterocycles. The number of aromatic nitrogens is 2. The number of ketones is 1. The predicted octanol–water partition coefficient (Wildman–Crippen LogP) is 3.10. The van der Waals surface area contributed by atoms with E-state index >= 15 is 0 Å². The summed E-state index contributed by atoms with van der Waals surface area (Å²) in [6.07, 6.45) is 0.345. The predicted molar refractivity (Wildman–Crippen MR) is 72.4 cm³/mol. The van der Waals surface area contributed by atoms with Gasteiger partial charge in [-0.15, -0.1) is 0 Å². The minimum Gasteiger partial charge on any atom is -0.299 e. The summed E-state index contributed by atoms with van der Waals surface area (Å²) in [7, 11) is 0. The van der Waals surface area contributed by atoms with Crippen molar-refractivity contribution in [1.29, 1.82) is 0 Å². The van der Waals surface area contributed by atoms with Gasteiger partial charge in [0.15, 0.2) is 0 Å². The Kier molecular flexibility index (Phi) is 3.16. The topological polar surface area (TPSA) is 42.9 Å². The van der Waals surface area contributed by atoms with Crippen molar-refractivity contribution in [3.05, 3.63) is 35.7 Å². The van der Waals surface area contributed by atoms with Crippen molar-refractivity contribution < 1.29 is 4.79 Å². The Morgan fingerprint density at radius 2 is 1.72 bits per heavy atom. The highest BCUT2D eigenvalue weighted by atomic mass is 16.1. The van der Waals surface area contributed by atoms with E-state index < -0.39 is 0 Å². The molecular weight excluding hydrogens is 224 g/mol. The number of hydrogen-bond acceptors (Lipinski definition) is 3. The van der Waals surface area contributed by atoms with Crippen molar-refractivity contribution in [2.45, 2.75) is 34.1 Å². The summed E-state index contributed by atoms with van der Waals surface area (Å²) in [5.41, 5.74) is 1.34. The highest BCUT2D eigenvalue weighted by Crippen LogP contribution is 2.22. The molecule has 0 fully saturated rings. The van der Waals surface area contributed by atoms with E-state index in [1.807, 2.05) is 52.0 Å². The van der Waals surface area contributed by atoms with Crippen LogP contribution in [-0.4, -0.2) is 16.0 Å². The van der Waals surface area contributed by atoms with Crippen molar-refractivity contribution in [3.8, 4) is 0 Å². The number of Topliss-reactive ketones (excluding diaryl/α,β-unsaturated/α-hetero) is 1. The number of nitrogens with zero attached hydrogens (tertiary/aromatic N) is 2. The molecule has 0 aliphatic rings. The van der Waals surface area contributed by atoms with E-state index in [1.54, 1.807) is 0 Å². The van der Waals surface area contributed by atoms with Crippen LogP contribution in [0.3, 0.4) is 0 Å². The number of aryl methyl sites for hydroxylation is 1. The van der Waals surface area contributed by atoms with Crippen LogP contribution in [0.5, 0.6) is 0 Å². The Bertz CT molecular complexity index is 597. The lowest BCUT2D eigenvalue weighted by molar-refractivity contribution is -0.125. The zero-order valence-electron chi connectivity index (χ0n) is 11.3. The molecule has 1 aromatic carbocycles. The van der Waals surface area contributed by atoms with Crippen molar-refractivity contribution in [2.24, 2.45) is 5.41 Å². The molecule has 94 valence electrons. The lowest BCUT2D eigenvalue weighted by Crippen LogP contribution is -2.22.